The molecule has 0 aliphatic carbocycles. The van der Waals surface area contributed by atoms with E-state index in [1.54, 1.807) is 0 Å². The number of hydrogen-bond donors (Lipinski definition) is 1. The van der Waals surface area contributed by atoms with Crippen LogP contribution in [-0.4, -0.2) is 32.8 Å². The first-order chi connectivity index (χ1) is 8.93. The van der Waals surface area contributed by atoms with Crippen molar-refractivity contribution in [1.29, 1.82) is 0 Å². The highest BCUT2D eigenvalue weighted by Crippen LogP contribution is 2.22. The van der Waals surface area contributed by atoms with Gasteiger partial charge in [-0.2, -0.15) is 11.8 Å². The minimum absolute atomic E-state index is 0.870. The van der Waals surface area contributed by atoms with Gasteiger partial charge in [-0.3, -0.25) is 0 Å². The van der Waals surface area contributed by atoms with Crippen molar-refractivity contribution in [3.63, 3.8) is 0 Å². The lowest BCUT2D eigenvalue weighted by Gasteiger charge is -2.21. The molecule has 0 unspecified atom stereocenters. The highest BCUT2D eigenvalue weighted by molar-refractivity contribution is 7.99. The average molecular weight is 266 g/mol. The third kappa shape index (κ3) is 2.88. The minimum Gasteiger partial charge on any atom is -0.314 e. The molecule has 18 heavy (non-hydrogen) atoms. The number of nitrogens with one attached hydrogen (secondary N) is 1. The summed E-state index contributed by atoms with van der Waals surface area (Å²) in [6, 6.07) is 0. The third-order valence-electron chi connectivity index (χ3n) is 3.99. The Hall–Kier alpha value is -0.550. The molecule has 3 heterocycles. The largest absolute Gasteiger partial charge is 0.314 e. The fraction of sp³-hybridized carbons (Fsp3) is 0.846. The van der Waals surface area contributed by atoms with Crippen LogP contribution in [0.3, 0.4) is 0 Å². The zero-order chi connectivity index (χ0) is 12.2. The van der Waals surface area contributed by atoms with Crippen LogP contribution in [0.4, 0.5) is 0 Å². The zero-order valence-electron chi connectivity index (χ0n) is 10.9. The summed E-state index contributed by atoms with van der Waals surface area (Å²) in [5.74, 6) is 5.87. The Labute approximate surface area is 113 Å². The lowest BCUT2D eigenvalue weighted by Crippen LogP contribution is -2.27. The maximum atomic E-state index is 4.33. The molecule has 0 radical (unpaired) electrons. The van der Waals surface area contributed by atoms with Crippen LogP contribution in [0.2, 0.25) is 0 Å². The Morgan fingerprint density at radius 1 is 1.22 bits per heavy atom. The van der Waals surface area contributed by atoms with Crippen molar-refractivity contribution in [2.75, 3.05) is 18.1 Å². The maximum absolute atomic E-state index is 4.33. The van der Waals surface area contributed by atoms with Crippen molar-refractivity contribution in [1.82, 2.24) is 20.1 Å². The number of thioether (sulfide) groups is 1. The zero-order valence-corrected chi connectivity index (χ0v) is 11.7. The van der Waals surface area contributed by atoms with Crippen LogP contribution in [0.25, 0.3) is 0 Å². The van der Waals surface area contributed by atoms with E-state index in [4.69, 9.17) is 0 Å². The number of aryl methyl sites for hydroxylation is 1. The summed E-state index contributed by atoms with van der Waals surface area (Å²) in [6.45, 7) is 3.14. The van der Waals surface area contributed by atoms with Gasteiger partial charge in [0.1, 0.15) is 11.6 Å². The van der Waals surface area contributed by atoms with Crippen LogP contribution in [-0.2, 0) is 19.5 Å². The molecule has 1 saturated heterocycles. The normalized spacial score (nSPS) is 20.9. The van der Waals surface area contributed by atoms with Crippen molar-refractivity contribution < 1.29 is 0 Å². The Morgan fingerprint density at radius 3 is 3.00 bits per heavy atom. The molecule has 0 bridgehead atoms. The van der Waals surface area contributed by atoms with E-state index in [1.807, 2.05) is 0 Å². The van der Waals surface area contributed by atoms with E-state index in [0.29, 0.717) is 0 Å². The van der Waals surface area contributed by atoms with Gasteiger partial charge < -0.3 is 9.88 Å². The van der Waals surface area contributed by atoms with E-state index in [2.05, 4.69) is 31.8 Å². The lowest BCUT2D eigenvalue weighted by atomic mass is 10.0. The molecule has 2 aliphatic heterocycles. The Balaban J connectivity index is 1.49. The standard InChI is InChI=1S/C13H22N4S/c1-2-6-17-12(3-1)15-16-13(17)10-14-9-11-4-7-18-8-5-11/h11,14H,1-10H2. The van der Waals surface area contributed by atoms with Crippen LogP contribution in [0.5, 0.6) is 0 Å². The maximum Gasteiger partial charge on any atom is 0.147 e. The van der Waals surface area contributed by atoms with Gasteiger partial charge in [0.05, 0.1) is 6.54 Å². The molecule has 0 spiro atoms. The second-order valence-corrected chi connectivity index (χ2v) is 6.55. The highest BCUT2D eigenvalue weighted by Gasteiger charge is 2.16. The molecular weight excluding hydrogens is 244 g/mol. The van der Waals surface area contributed by atoms with Gasteiger partial charge in [-0.05, 0) is 49.7 Å². The molecule has 0 saturated carbocycles. The van der Waals surface area contributed by atoms with Gasteiger partial charge in [0.25, 0.3) is 0 Å². The summed E-state index contributed by atoms with van der Waals surface area (Å²) in [5.41, 5.74) is 0. The minimum atomic E-state index is 0.870. The Bertz CT molecular complexity index is 384. The number of nitrogens with zero attached hydrogens (tertiary/aromatic N) is 3. The SMILES string of the molecule is C1CCn2c(nnc2CNCC2CCSCC2)C1. The number of fused-ring (bicyclic) bond motifs is 1. The molecule has 4 nitrogen and oxygen atoms in total. The first kappa shape index (κ1) is 12.5. The third-order valence-corrected chi connectivity index (χ3v) is 5.04. The molecule has 5 heteroatoms. The van der Waals surface area contributed by atoms with Gasteiger partial charge in [-0.1, -0.05) is 0 Å². The molecule has 100 valence electrons. The van der Waals surface area contributed by atoms with Gasteiger partial charge in [0, 0.05) is 13.0 Å². The molecular formula is C13H22N4S. The summed E-state index contributed by atoms with van der Waals surface area (Å²) >= 11 is 2.09. The molecule has 2 aliphatic rings. The van der Waals surface area contributed by atoms with E-state index in [1.165, 1.54) is 43.0 Å². The highest BCUT2D eigenvalue weighted by atomic mass is 32.2. The van der Waals surface area contributed by atoms with Crippen LogP contribution >= 0.6 is 11.8 Å². The number of rotatable bonds is 4. The van der Waals surface area contributed by atoms with Gasteiger partial charge in [0.2, 0.25) is 0 Å². The quantitative estimate of drug-likeness (QED) is 0.903. The molecule has 0 amide bonds. The summed E-state index contributed by atoms with van der Waals surface area (Å²) in [6.07, 6.45) is 6.39. The van der Waals surface area contributed by atoms with Crippen LogP contribution < -0.4 is 5.32 Å². The second kappa shape index (κ2) is 6.06. The lowest BCUT2D eigenvalue weighted by molar-refractivity contribution is 0.435. The van der Waals surface area contributed by atoms with Crippen molar-refractivity contribution in [2.24, 2.45) is 5.92 Å². The number of aromatic nitrogens is 3. The van der Waals surface area contributed by atoms with E-state index in [-0.39, 0.29) is 0 Å². The van der Waals surface area contributed by atoms with Crippen molar-refractivity contribution in [3.8, 4) is 0 Å². The molecule has 0 aromatic carbocycles. The fourth-order valence-corrected chi connectivity index (χ4v) is 4.04. The molecule has 3 rings (SSSR count). The summed E-state index contributed by atoms with van der Waals surface area (Å²) < 4.78 is 2.31. The van der Waals surface area contributed by atoms with E-state index < -0.39 is 0 Å². The van der Waals surface area contributed by atoms with E-state index >= 15 is 0 Å². The van der Waals surface area contributed by atoms with Gasteiger partial charge in [-0.25, -0.2) is 0 Å². The molecule has 0 atom stereocenters. The predicted molar refractivity (Wildman–Crippen MR) is 74.7 cm³/mol. The van der Waals surface area contributed by atoms with Gasteiger partial charge in [-0.15, -0.1) is 10.2 Å². The van der Waals surface area contributed by atoms with Gasteiger partial charge in [0.15, 0.2) is 0 Å². The molecule has 1 N–H and O–H groups in total. The smallest absolute Gasteiger partial charge is 0.147 e. The Morgan fingerprint density at radius 2 is 2.11 bits per heavy atom. The molecule has 1 fully saturated rings. The topological polar surface area (TPSA) is 42.7 Å². The van der Waals surface area contributed by atoms with Crippen molar-refractivity contribution in [2.45, 2.75) is 45.2 Å². The van der Waals surface area contributed by atoms with Crippen LogP contribution in [0.15, 0.2) is 0 Å². The number of hydrogen-bond acceptors (Lipinski definition) is 4. The second-order valence-electron chi connectivity index (χ2n) is 5.33. The first-order valence-electron chi connectivity index (χ1n) is 7.13. The summed E-state index contributed by atoms with van der Waals surface area (Å²) in [7, 11) is 0. The van der Waals surface area contributed by atoms with Crippen molar-refractivity contribution >= 4 is 11.8 Å². The fourth-order valence-electron chi connectivity index (χ4n) is 2.84. The van der Waals surface area contributed by atoms with E-state index in [9.17, 15) is 0 Å². The summed E-state index contributed by atoms with van der Waals surface area (Å²) in [4.78, 5) is 0. The average Bonchev–Trinajstić information content (AvgIpc) is 2.84. The van der Waals surface area contributed by atoms with Crippen molar-refractivity contribution in [3.05, 3.63) is 11.6 Å². The van der Waals surface area contributed by atoms with Gasteiger partial charge >= 0.3 is 0 Å². The monoisotopic (exact) mass is 266 g/mol. The molecule has 1 aromatic heterocycles. The van der Waals surface area contributed by atoms with Crippen LogP contribution in [0, 0.1) is 5.92 Å². The summed E-state index contributed by atoms with van der Waals surface area (Å²) in [5, 5.41) is 12.2. The van der Waals surface area contributed by atoms with Crippen LogP contribution in [0.1, 0.15) is 37.3 Å². The Kier molecular flexibility index (Phi) is 4.20. The predicted octanol–water partition coefficient (Wildman–Crippen LogP) is 1.85. The van der Waals surface area contributed by atoms with E-state index in [0.717, 1.165) is 37.8 Å². The first-order valence-corrected chi connectivity index (χ1v) is 8.28. The molecule has 1 aromatic rings.